The third-order valence-corrected chi connectivity index (χ3v) is 5.47. The molecule has 1 aromatic heterocycles. The van der Waals surface area contributed by atoms with Gasteiger partial charge in [-0.3, -0.25) is 4.79 Å². The summed E-state index contributed by atoms with van der Waals surface area (Å²) in [7, 11) is 1.54. The second-order valence-corrected chi connectivity index (χ2v) is 7.81. The lowest BCUT2D eigenvalue weighted by Crippen LogP contribution is -2.15. The number of rotatable bonds is 9. The number of methoxy groups -OCH3 is 1. The summed E-state index contributed by atoms with van der Waals surface area (Å²) < 4.78 is 13.0. The predicted molar refractivity (Wildman–Crippen MR) is 119 cm³/mol. The molecule has 30 heavy (non-hydrogen) atoms. The molecule has 0 spiro atoms. The van der Waals surface area contributed by atoms with Crippen molar-refractivity contribution in [3.05, 3.63) is 58.9 Å². The third kappa shape index (κ3) is 5.67. The van der Waals surface area contributed by atoms with Crippen molar-refractivity contribution in [3.8, 4) is 11.5 Å². The van der Waals surface area contributed by atoms with Gasteiger partial charge in [-0.1, -0.05) is 41.1 Å². The first-order chi connectivity index (χ1) is 14.5. The largest absolute Gasteiger partial charge is 0.495 e. The Labute approximate surface area is 184 Å². The summed E-state index contributed by atoms with van der Waals surface area (Å²) in [6.45, 7) is 5.00. The van der Waals surface area contributed by atoms with Gasteiger partial charge in [-0.2, -0.15) is 0 Å². The lowest BCUT2D eigenvalue weighted by atomic mass is 10.2. The maximum absolute atomic E-state index is 12.4. The van der Waals surface area contributed by atoms with Crippen molar-refractivity contribution in [2.24, 2.45) is 0 Å². The molecule has 0 aliphatic rings. The highest BCUT2D eigenvalue weighted by molar-refractivity contribution is 7.99. The van der Waals surface area contributed by atoms with Gasteiger partial charge in [0.05, 0.1) is 18.6 Å². The zero-order chi connectivity index (χ0) is 21.5. The lowest BCUT2D eigenvalue weighted by molar-refractivity contribution is -0.113. The van der Waals surface area contributed by atoms with Crippen LogP contribution in [0.4, 0.5) is 5.69 Å². The number of anilines is 1. The summed E-state index contributed by atoms with van der Waals surface area (Å²) in [6.07, 6.45) is 0. The fourth-order valence-electron chi connectivity index (χ4n) is 2.73. The van der Waals surface area contributed by atoms with Crippen LogP contribution in [-0.4, -0.2) is 33.5 Å². The fourth-order valence-corrected chi connectivity index (χ4v) is 3.72. The molecule has 1 amide bonds. The van der Waals surface area contributed by atoms with Crippen molar-refractivity contribution in [1.82, 2.24) is 14.8 Å². The van der Waals surface area contributed by atoms with Crippen molar-refractivity contribution in [2.75, 3.05) is 18.2 Å². The number of hydrogen-bond acceptors (Lipinski definition) is 6. The normalized spacial score (nSPS) is 10.7. The molecule has 0 saturated carbocycles. The molecular formula is C21H23ClN4O3S. The van der Waals surface area contributed by atoms with Crippen LogP contribution in [0.1, 0.15) is 18.3 Å². The Morgan fingerprint density at radius 2 is 1.97 bits per heavy atom. The minimum Gasteiger partial charge on any atom is -0.495 e. The van der Waals surface area contributed by atoms with Crippen molar-refractivity contribution < 1.29 is 14.3 Å². The Morgan fingerprint density at radius 1 is 1.20 bits per heavy atom. The molecule has 0 aliphatic heterocycles. The highest BCUT2D eigenvalue weighted by Crippen LogP contribution is 2.28. The van der Waals surface area contributed by atoms with E-state index in [1.54, 1.807) is 18.2 Å². The number of amides is 1. The van der Waals surface area contributed by atoms with E-state index in [0.29, 0.717) is 40.6 Å². The van der Waals surface area contributed by atoms with Crippen molar-refractivity contribution in [3.63, 3.8) is 0 Å². The first kappa shape index (κ1) is 22.0. The minimum atomic E-state index is -0.191. The molecule has 7 nitrogen and oxygen atoms in total. The molecule has 9 heteroatoms. The van der Waals surface area contributed by atoms with Crippen LogP contribution in [0.5, 0.6) is 11.5 Å². The number of aromatic nitrogens is 3. The monoisotopic (exact) mass is 446 g/mol. The second-order valence-electron chi connectivity index (χ2n) is 6.43. The van der Waals surface area contributed by atoms with Crippen LogP contribution in [0.3, 0.4) is 0 Å². The quantitative estimate of drug-likeness (QED) is 0.485. The summed E-state index contributed by atoms with van der Waals surface area (Å²) in [5.41, 5.74) is 1.70. The Kier molecular flexibility index (Phi) is 7.59. The van der Waals surface area contributed by atoms with E-state index in [-0.39, 0.29) is 11.7 Å². The molecule has 1 heterocycles. The summed E-state index contributed by atoms with van der Waals surface area (Å²) in [6, 6.07) is 12.9. The van der Waals surface area contributed by atoms with Crippen LogP contribution in [0.25, 0.3) is 0 Å². The van der Waals surface area contributed by atoms with Crippen molar-refractivity contribution >= 4 is 35.0 Å². The molecule has 1 N–H and O–H groups in total. The maximum atomic E-state index is 12.4. The van der Waals surface area contributed by atoms with Gasteiger partial charge in [-0.15, -0.1) is 10.2 Å². The summed E-state index contributed by atoms with van der Waals surface area (Å²) in [5, 5.41) is 12.4. The number of hydrogen-bond donors (Lipinski definition) is 1. The number of benzene rings is 2. The highest BCUT2D eigenvalue weighted by Gasteiger charge is 2.15. The van der Waals surface area contributed by atoms with Crippen molar-refractivity contribution in [1.29, 1.82) is 0 Å². The first-order valence-corrected chi connectivity index (χ1v) is 10.7. The number of carbonyl (C=O) groups is 1. The molecule has 2 aromatic carbocycles. The maximum Gasteiger partial charge on any atom is 0.234 e. The number of carbonyl (C=O) groups excluding carboxylic acids is 1. The molecule has 3 aromatic rings. The number of halogens is 1. The van der Waals surface area contributed by atoms with Gasteiger partial charge in [-0.05, 0) is 44.2 Å². The molecule has 3 rings (SSSR count). The first-order valence-electron chi connectivity index (χ1n) is 9.38. The molecule has 0 atom stereocenters. The van der Waals surface area contributed by atoms with Gasteiger partial charge < -0.3 is 19.4 Å². The van der Waals surface area contributed by atoms with Crippen LogP contribution in [0.15, 0.2) is 47.6 Å². The fraction of sp³-hybridized carbons (Fsp3) is 0.286. The minimum absolute atomic E-state index is 0.173. The molecule has 0 aliphatic carbocycles. The van der Waals surface area contributed by atoms with Crippen LogP contribution in [0, 0.1) is 6.92 Å². The zero-order valence-corrected chi connectivity index (χ0v) is 18.6. The zero-order valence-electron chi connectivity index (χ0n) is 17.0. The van der Waals surface area contributed by atoms with E-state index >= 15 is 0 Å². The number of aryl methyl sites for hydroxylation is 1. The van der Waals surface area contributed by atoms with Crippen molar-refractivity contribution in [2.45, 2.75) is 32.2 Å². The molecular weight excluding hydrogens is 424 g/mol. The van der Waals surface area contributed by atoms with Gasteiger partial charge in [0.2, 0.25) is 5.91 Å². The van der Waals surface area contributed by atoms with E-state index < -0.39 is 0 Å². The smallest absolute Gasteiger partial charge is 0.234 e. The number of thioether (sulfide) groups is 1. The Bertz CT molecular complexity index is 1010. The predicted octanol–water partition coefficient (Wildman–Crippen LogP) is 4.58. The van der Waals surface area contributed by atoms with E-state index in [9.17, 15) is 4.79 Å². The molecule has 0 bridgehead atoms. The van der Waals surface area contributed by atoms with E-state index in [4.69, 9.17) is 21.1 Å². The summed E-state index contributed by atoms with van der Waals surface area (Å²) >= 11 is 7.32. The molecule has 0 saturated heterocycles. The molecule has 0 fully saturated rings. The van der Waals surface area contributed by atoms with Gasteiger partial charge in [0.25, 0.3) is 0 Å². The van der Waals surface area contributed by atoms with Crippen LogP contribution in [-0.2, 0) is 17.9 Å². The Hall–Kier alpha value is -2.71. The average Bonchev–Trinajstić information content (AvgIpc) is 3.14. The Balaban J connectivity index is 1.59. The van der Waals surface area contributed by atoms with Crippen LogP contribution < -0.4 is 14.8 Å². The van der Waals surface area contributed by atoms with Gasteiger partial charge in [0, 0.05) is 11.6 Å². The SMILES string of the molecule is CCn1c(COc2ccc(C)cc2)nnc1SCC(=O)Nc1cc(Cl)ccc1OC. The third-order valence-electron chi connectivity index (χ3n) is 4.27. The van der Waals surface area contributed by atoms with E-state index in [0.717, 1.165) is 5.75 Å². The topological polar surface area (TPSA) is 78.3 Å². The number of nitrogens with zero attached hydrogens (tertiary/aromatic N) is 3. The summed E-state index contributed by atoms with van der Waals surface area (Å²) in [5.74, 6) is 2.01. The average molecular weight is 447 g/mol. The molecule has 0 radical (unpaired) electrons. The van der Waals surface area contributed by atoms with E-state index in [1.165, 1.54) is 24.4 Å². The highest BCUT2D eigenvalue weighted by atomic mass is 35.5. The second kappa shape index (κ2) is 10.4. The molecule has 158 valence electrons. The standard InChI is InChI=1S/C21H23ClN4O3S/c1-4-26-19(12-29-16-8-5-14(2)6-9-16)24-25-21(26)30-13-20(27)23-17-11-15(22)7-10-18(17)28-3/h5-11H,4,12-13H2,1-3H3,(H,23,27). The summed E-state index contributed by atoms with van der Waals surface area (Å²) in [4.78, 5) is 12.4. The van der Waals surface area contributed by atoms with E-state index in [2.05, 4.69) is 15.5 Å². The van der Waals surface area contributed by atoms with Crippen LogP contribution >= 0.6 is 23.4 Å². The van der Waals surface area contributed by atoms with Gasteiger partial charge in [0.1, 0.15) is 18.1 Å². The van der Waals surface area contributed by atoms with Gasteiger partial charge in [-0.25, -0.2) is 0 Å². The van der Waals surface area contributed by atoms with Crippen LogP contribution in [0.2, 0.25) is 5.02 Å². The Morgan fingerprint density at radius 3 is 2.67 bits per heavy atom. The van der Waals surface area contributed by atoms with Gasteiger partial charge >= 0.3 is 0 Å². The molecule has 0 unspecified atom stereocenters. The number of nitrogens with one attached hydrogen (secondary N) is 1. The van der Waals surface area contributed by atoms with Gasteiger partial charge in [0.15, 0.2) is 11.0 Å². The van der Waals surface area contributed by atoms with E-state index in [1.807, 2.05) is 42.7 Å². The number of ether oxygens (including phenoxy) is 2. The lowest BCUT2D eigenvalue weighted by Gasteiger charge is -2.11.